The second-order valence-electron chi connectivity index (χ2n) is 5.47. The Kier molecular flexibility index (Phi) is 4.46. The van der Waals surface area contributed by atoms with Crippen LogP contribution in [0.5, 0.6) is 5.75 Å². The molecule has 0 bridgehead atoms. The molecule has 0 fully saturated rings. The number of anilines is 1. The molecule has 0 saturated heterocycles. The molecule has 0 spiro atoms. The van der Waals surface area contributed by atoms with E-state index in [1.54, 1.807) is 18.2 Å². The van der Waals surface area contributed by atoms with Gasteiger partial charge in [-0.3, -0.25) is 4.79 Å². The minimum atomic E-state index is -3.40. The number of sulfone groups is 1. The van der Waals surface area contributed by atoms with Crippen molar-refractivity contribution >= 4 is 44.6 Å². The van der Waals surface area contributed by atoms with Gasteiger partial charge in [-0.15, -0.1) is 0 Å². The van der Waals surface area contributed by atoms with Crippen molar-refractivity contribution in [3.8, 4) is 5.75 Å². The average Bonchev–Trinajstić information content (AvgIpc) is 2.91. The van der Waals surface area contributed by atoms with Crippen LogP contribution in [0.15, 0.2) is 41.3 Å². The van der Waals surface area contributed by atoms with E-state index >= 15 is 0 Å². The summed E-state index contributed by atoms with van der Waals surface area (Å²) in [4.78, 5) is 12.5. The Labute approximate surface area is 149 Å². The van der Waals surface area contributed by atoms with Crippen LogP contribution in [0.1, 0.15) is 5.56 Å². The molecule has 1 aliphatic heterocycles. The molecule has 2 aromatic rings. The van der Waals surface area contributed by atoms with E-state index in [-0.39, 0.29) is 15.6 Å². The molecular weight excluding hydrogens is 373 g/mol. The maximum atomic E-state index is 12.4. The number of hydrogen-bond acceptors (Lipinski definition) is 4. The number of halogens is 2. The molecular formula is C16H13Cl2NO4S. The molecule has 0 aliphatic carbocycles. The summed E-state index contributed by atoms with van der Waals surface area (Å²) in [6.07, 6.45) is 0.740. The molecule has 2 aromatic carbocycles. The van der Waals surface area contributed by atoms with E-state index in [0.717, 1.165) is 11.8 Å². The first-order valence-electron chi connectivity index (χ1n) is 6.99. The Morgan fingerprint density at radius 3 is 2.67 bits per heavy atom. The van der Waals surface area contributed by atoms with Crippen LogP contribution in [-0.4, -0.2) is 26.7 Å². The molecule has 3 rings (SSSR count). The predicted octanol–water partition coefficient (Wildman–Crippen LogP) is 3.34. The number of benzene rings is 2. The summed E-state index contributed by atoms with van der Waals surface area (Å²) in [5.41, 5.74) is 1.07. The number of hydrogen-bond donors (Lipinski definition) is 1. The normalized spacial score (nSPS) is 16.4. The van der Waals surface area contributed by atoms with Gasteiger partial charge >= 0.3 is 0 Å². The van der Waals surface area contributed by atoms with E-state index in [2.05, 4.69) is 5.32 Å². The van der Waals surface area contributed by atoms with Crippen LogP contribution in [0.4, 0.5) is 5.69 Å². The van der Waals surface area contributed by atoms with Crippen molar-refractivity contribution < 1.29 is 17.9 Å². The third-order valence-corrected chi connectivity index (χ3v) is 5.29. The van der Waals surface area contributed by atoms with Crippen molar-refractivity contribution in [2.75, 3.05) is 11.6 Å². The molecule has 126 valence electrons. The van der Waals surface area contributed by atoms with Crippen molar-refractivity contribution in [3.63, 3.8) is 0 Å². The van der Waals surface area contributed by atoms with E-state index in [9.17, 15) is 13.2 Å². The molecule has 1 amide bonds. The minimum Gasteiger partial charge on any atom is -0.480 e. The molecule has 0 radical (unpaired) electrons. The maximum absolute atomic E-state index is 12.4. The van der Waals surface area contributed by atoms with Crippen LogP contribution in [0, 0.1) is 0 Å². The van der Waals surface area contributed by atoms with E-state index in [1.807, 2.05) is 0 Å². The lowest BCUT2D eigenvalue weighted by molar-refractivity contribution is -0.122. The van der Waals surface area contributed by atoms with Gasteiger partial charge in [-0.25, -0.2) is 8.42 Å². The Morgan fingerprint density at radius 1 is 1.21 bits per heavy atom. The standard InChI is InChI=1S/C16H13Cl2NO4S/c1-24(21,22)11-3-4-12(18)13(8-11)19-16(20)15-7-9-6-10(17)2-5-14(9)23-15/h2-6,8,15H,7H2,1H3,(H,19,20)/t15-/m1/s1. The zero-order chi connectivity index (χ0) is 17.5. The largest absolute Gasteiger partial charge is 0.480 e. The van der Waals surface area contributed by atoms with E-state index < -0.39 is 21.8 Å². The summed E-state index contributed by atoms with van der Waals surface area (Å²) in [5.74, 6) is 0.199. The van der Waals surface area contributed by atoms with Gasteiger partial charge in [0.1, 0.15) is 5.75 Å². The van der Waals surface area contributed by atoms with Crippen molar-refractivity contribution in [1.29, 1.82) is 0 Å². The van der Waals surface area contributed by atoms with Crippen molar-refractivity contribution in [2.45, 2.75) is 17.4 Å². The van der Waals surface area contributed by atoms with Gasteiger partial charge in [-0.1, -0.05) is 23.2 Å². The van der Waals surface area contributed by atoms with Gasteiger partial charge in [-0.2, -0.15) is 0 Å². The Morgan fingerprint density at radius 2 is 1.96 bits per heavy atom. The van der Waals surface area contributed by atoms with Crippen LogP contribution in [0.2, 0.25) is 10.0 Å². The molecule has 0 aromatic heterocycles. The van der Waals surface area contributed by atoms with Crippen LogP contribution in [-0.2, 0) is 21.1 Å². The minimum absolute atomic E-state index is 0.0737. The number of nitrogens with one attached hydrogen (secondary N) is 1. The second kappa shape index (κ2) is 6.27. The fourth-order valence-corrected chi connectivity index (χ4v) is 3.41. The summed E-state index contributed by atoms with van der Waals surface area (Å²) in [6.45, 7) is 0. The van der Waals surface area contributed by atoms with Gasteiger partial charge in [0.15, 0.2) is 15.9 Å². The summed E-state index contributed by atoms with van der Waals surface area (Å²) in [6, 6.07) is 9.29. The number of amides is 1. The lowest BCUT2D eigenvalue weighted by Gasteiger charge is -2.13. The first-order chi connectivity index (χ1) is 11.2. The highest BCUT2D eigenvalue weighted by Crippen LogP contribution is 2.32. The predicted molar refractivity (Wildman–Crippen MR) is 92.8 cm³/mol. The molecule has 0 unspecified atom stereocenters. The molecule has 1 aliphatic rings. The number of carbonyl (C=O) groups excluding carboxylic acids is 1. The highest BCUT2D eigenvalue weighted by Gasteiger charge is 2.29. The molecule has 0 saturated carbocycles. The van der Waals surface area contributed by atoms with Crippen LogP contribution in [0.25, 0.3) is 0 Å². The highest BCUT2D eigenvalue weighted by molar-refractivity contribution is 7.90. The monoisotopic (exact) mass is 385 g/mol. The first kappa shape index (κ1) is 17.1. The van der Waals surface area contributed by atoms with E-state index in [4.69, 9.17) is 27.9 Å². The van der Waals surface area contributed by atoms with Gasteiger partial charge in [0.25, 0.3) is 5.91 Å². The summed E-state index contributed by atoms with van der Waals surface area (Å²) < 4.78 is 28.9. The van der Waals surface area contributed by atoms with Crippen LogP contribution < -0.4 is 10.1 Å². The highest BCUT2D eigenvalue weighted by atomic mass is 35.5. The smallest absolute Gasteiger partial charge is 0.265 e. The topological polar surface area (TPSA) is 72.5 Å². The number of fused-ring (bicyclic) bond motifs is 1. The lowest BCUT2D eigenvalue weighted by atomic mass is 10.1. The Hall–Kier alpha value is -1.76. The van der Waals surface area contributed by atoms with Crippen LogP contribution in [0.3, 0.4) is 0 Å². The number of carbonyl (C=O) groups is 1. The third-order valence-electron chi connectivity index (χ3n) is 3.61. The molecule has 5 nitrogen and oxygen atoms in total. The van der Waals surface area contributed by atoms with Crippen LogP contribution >= 0.6 is 23.2 Å². The summed E-state index contributed by atoms with van der Waals surface area (Å²) in [5, 5.41) is 3.44. The van der Waals surface area contributed by atoms with Gasteiger partial charge < -0.3 is 10.1 Å². The fraction of sp³-hybridized carbons (Fsp3) is 0.188. The quantitative estimate of drug-likeness (QED) is 0.878. The molecule has 8 heteroatoms. The zero-order valence-corrected chi connectivity index (χ0v) is 14.9. The molecule has 1 N–H and O–H groups in total. The number of ether oxygens (including phenoxy) is 1. The van der Waals surface area contributed by atoms with E-state index in [0.29, 0.717) is 17.2 Å². The second-order valence-corrected chi connectivity index (χ2v) is 8.33. The molecule has 1 heterocycles. The van der Waals surface area contributed by atoms with Gasteiger partial charge in [0, 0.05) is 17.7 Å². The maximum Gasteiger partial charge on any atom is 0.265 e. The SMILES string of the molecule is CS(=O)(=O)c1ccc(Cl)c(NC(=O)[C@H]2Cc3cc(Cl)ccc3O2)c1. The fourth-order valence-electron chi connectivity index (χ4n) is 2.41. The Bertz CT molecular complexity index is 928. The molecule has 1 atom stereocenters. The first-order valence-corrected chi connectivity index (χ1v) is 9.64. The summed E-state index contributed by atoms with van der Waals surface area (Å²) in [7, 11) is -3.40. The summed E-state index contributed by atoms with van der Waals surface area (Å²) >= 11 is 12.0. The molecule has 24 heavy (non-hydrogen) atoms. The third kappa shape index (κ3) is 3.50. The lowest BCUT2D eigenvalue weighted by Crippen LogP contribution is -2.31. The Balaban J connectivity index is 1.79. The van der Waals surface area contributed by atoms with E-state index in [1.165, 1.54) is 18.2 Å². The van der Waals surface area contributed by atoms with Gasteiger partial charge in [0.2, 0.25) is 0 Å². The van der Waals surface area contributed by atoms with Crippen molar-refractivity contribution in [1.82, 2.24) is 0 Å². The van der Waals surface area contributed by atoms with Gasteiger partial charge in [-0.05, 0) is 42.0 Å². The average molecular weight is 386 g/mol. The number of rotatable bonds is 3. The van der Waals surface area contributed by atoms with Crippen molar-refractivity contribution in [2.24, 2.45) is 0 Å². The van der Waals surface area contributed by atoms with Crippen molar-refractivity contribution in [3.05, 3.63) is 52.0 Å². The van der Waals surface area contributed by atoms with Gasteiger partial charge in [0.05, 0.1) is 15.6 Å². The zero-order valence-electron chi connectivity index (χ0n) is 12.5.